The van der Waals surface area contributed by atoms with Crippen LogP contribution in [0.4, 0.5) is 0 Å². The van der Waals surface area contributed by atoms with Crippen molar-refractivity contribution in [2.45, 2.75) is 57.7 Å². The maximum absolute atomic E-state index is 12.4. The molecule has 1 saturated heterocycles. The van der Waals surface area contributed by atoms with Crippen molar-refractivity contribution in [2.75, 3.05) is 33.3 Å². The number of methoxy groups -OCH3 is 1. The second-order valence-electron chi connectivity index (χ2n) is 7.72. The highest BCUT2D eigenvalue weighted by Gasteiger charge is 2.24. The van der Waals surface area contributed by atoms with E-state index in [0.29, 0.717) is 18.9 Å². The molecule has 0 aromatic heterocycles. The number of fused-ring (bicyclic) bond motifs is 1. The van der Waals surface area contributed by atoms with E-state index in [4.69, 9.17) is 9.47 Å². The van der Waals surface area contributed by atoms with E-state index in [9.17, 15) is 4.79 Å². The van der Waals surface area contributed by atoms with Gasteiger partial charge in [-0.05, 0) is 62.3 Å². The molecule has 0 saturated carbocycles. The molecular weight excluding hydrogens is 328 g/mol. The first-order valence-corrected chi connectivity index (χ1v) is 9.86. The monoisotopic (exact) mass is 360 g/mol. The molecule has 2 aliphatic rings. The van der Waals surface area contributed by atoms with Gasteiger partial charge in [-0.1, -0.05) is 6.07 Å². The zero-order valence-electron chi connectivity index (χ0n) is 16.3. The van der Waals surface area contributed by atoms with Crippen LogP contribution in [-0.2, 0) is 16.0 Å². The maximum atomic E-state index is 12.4. The summed E-state index contributed by atoms with van der Waals surface area (Å²) in [7, 11) is 1.70. The van der Waals surface area contributed by atoms with E-state index in [-0.39, 0.29) is 18.1 Å². The number of carbonyl (C=O) groups is 1. The van der Waals surface area contributed by atoms with Gasteiger partial charge in [-0.2, -0.15) is 0 Å². The van der Waals surface area contributed by atoms with Crippen molar-refractivity contribution in [3.63, 3.8) is 0 Å². The van der Waals surface area contributed by atoms with Gasteiger partial charge >= 0.3 is 0 Å². The van der Waals surface area contributed by atoms with E-state index in [2.05, 4.69) is 36.2 Å². The molecule has 1 heterocycles. The molecule has 1 aliphatic heterocycles. The lowest BCUT2D eigenvalue weighted by molar-refractivity contribution is -0.121. The Morgan fingerprint density at radius 2 is 2.08 bits per heavy atom. The number of hydrogen-bond donors (Lipinski definition) is 1. The van der Waals surface area contributed by atoms with E-state index < -0.39 is 0 Å². The second-order valence-corrected chi connectivity index (χ2v) is 7.72. The molecule has 1 N–H and O–H groups in total. The molecule has 144 valence electrons. The minimum Gasteiger partial charge on any atom is -0.497 e. The largest absolute Gasteiger partial charge is 0.497 e. The van der Waals surface area contributed by atoms with E-state index in [1.807, 2.05) is 6.07 Å². The van der Waals surface area contributed by atoms with Crippen molar-refractivity contribution in [1.82, 2.24) is 10.2 Å². The van der Waals surface area contributed by atoms with Gasteiger partial charge in [0.05, 0.1) is 19.3 Å². The van der Waals surface area contributed by atoms with Crippen LogP contribution >= 0.6 is 0 Å². The summed E-state index contributed by atoms with van der Waals surface area (Å²) < 4.78 is 11.1. The number of amides is 1. The van der Waals surface area contributed by atoms with Gasteiger partial charge in [0.2, 0.25) is 5.91 Å². The highest BCUT2D eigenvalue weighted by atomic mass is 16.5. The lowest BCUT2D eigenvalue weighted by Crippen LogP contribution is -2.47. The number of nitrogens with zero attached hydrogens (tertiary/aromatic N) is 1. The normalized spacial score (nSPS) is 26.2. The van der Waals surface area contributed by atoms with Crippen LogP contribution in [0.25, 0.3) is 0 Å². The first-order chi connectivity index (χ1) is 12.5. The highest BCUT2D eigenvalue weighted by Crippen LogP contribution is 2.35. The molecule has 1 fully saturated rings. The molecule has 5 heteroatoms. The van der Waals surface area contributed by atoms with E-state index in [0.717, 1.165) is 44.6 Å². The SMILES string of the molecule is COc1ccc2c(c1)CCCC2CC(=O)NCCN1CC(C)OC(C)C1. The Bertz CT molecular complexity index is 609. The number of nitrogens with one attached hydrogen (secondary N) is 1. The Kier molecular flexibility index (Phi) is 6.54. The summed E-state index contributed by atoms with van der Waals surface area (Å²) in [6.07, 6.45) is 4.43. The van der Waals surface area contributed by atoms with Gasteiger partial charge < -0.3 is 14.8 Å². The molecule has 1 aliphatic carbocycles. The quantitative estimate of drug-likeness (QED) is 0.847. The smallest absolute Gasteiger partial charge is 0.220 e. The van der Waals surface area contributed by atoms with Crippen LogP contribution in [0.2, 0.25) is 0 Å². The summed E-state index contributed by atoms with van der Waals surface area (Å²) in [6.45, 7) is 7.70. The zero-order chi connectivity index (χ0) is 18.5. The molecule has 3 unspecified atom stereocenters. The van der Waals surface area contributed by atoms with E-state index in [1.54, 1.807) is 7.11 Å². The van der Waals surface area contributed by atoms with Crippen LogP contribution in [0, 0.1) is 0 Å². The topological polar surface area (TPSA) is 50.8 Å². The number of carbonyl (C=O) groups excluding carboxylic acids is 1. The molecule has 0 bridgehead atoms. The molecule has 26 heavy (non-hydrogen) atoms. The third kappa shape index (κ3) is 4.98. The van der Waals surface area contributed by atoms with Crippen LogP contribution in [0.5, 0.6) is 5.75 Å². The molecule has 0 spiro atoms. The van der Waals surface area contributed by atoms with Crippen LogP contribution in [-0.4, -0.2) is 56.3 Å². The minimum atomic E-state index is 0.160. The molecule has 3 rings (SSSR count). The van der Waals surface area contributed by atoms with E-state index in [1.165, 1.54) is 11.1 Å². The molecular formula is C21H32N2O3. The summed E-state index contributed by atoms with van der Waals surface area (Å²) in [5.74, 6) is 1.39. The summed E-state index contributed by atoms with van der Waals surface area (Å²) >= 11 is 0. The third-order valence-corrected chi connectivity index (χ3v) is 5.47. The first kappa shape index (κ1) is 19.2. The van der Waals surface area contributed by atoms with Crippen molar-refractivity contribution >= 4 is 5.91 Å². The standard InChI is InChI=1S/C21H32N2O3/c1-15-13-23(14-16(2)26-15)10-9-22-21(24)12-18-6-4-5-17-11-19(25-3)7-8-20(17)18/h7-8,11,15-16,18H,4-6,9-10,12-14H2,1-3H3,(H,22,24). The van der Waals surface area contributed by atoms with Crippen molar-refractivity contribution in [3.05, 3.63) is 29.3 Å². The third-order valence-electron chi connectivity index (χ3n) is 5.47. The Balaban J connectivity index is 1.47. The summed E-state index contributed by atoms with van der Waals surface area (Å²) in [5, 5.41) is 3.11. The number of rotatable bonds is 6. The summed E-state index contributed by atoms with van der Waals surface area (Å²) in [5.41, 5.74) is 2.66. The highest BCUT2D eigenvalue weighted by molar-refractivity contribution is 5.77. The fraction of sp³-hybridized carbons (Fsp3) is 0.667. The molecule has 1 aromatic rings. The Labute approximate surface area is 157 Å². The zero-order valence-corrected chi connectivity index (χ0v) is 16.3. The van der Waals surface area contributed by atoms with Crippen molar-refractivity contribution in [3.8, 4) is 5.75 Å². The number of benzene rings is 1. The van der Waals surface area contributed by atoms with Crippen molar-refractivity contribution in [1.29, 1.82) is 0 Å². The van der Waals surface area contributed by atoms with Crippen LogP contribution in [0.15, 0.2) is 18.2 Å². The average Bonchev–Trinajstić information content (AvgIpc) is 2.60. The van der Waals surface area contributed by atoms with Gasteiger partial charge in [-0.15, -0.1) is 0 Å². The Morgan fingerprint density at radius 3 is 2.81 bits per heavy atom. The van der Waals surface area contributed by atoms with Crippen LogP contribution in [0.3, 0.4) is 0 Å². The molecule has 1 amide bonds. The number of aryl methyl sites for hydroxylation is 1. The van der Waals surface area contributed by atoms with Gasteiger partial charge in [-0.25, -0.2) is 0 Å². The lowest BCUT2D eigenvalue weighted by atomic mass is 9.81. The van der Waals surface area contributed by atoms with Crippen LogP contribution in [0.1, 0.15) is 50.2 Å². The fourth-order valence-electron chi connectivity index (χ4n) is 4.35. The van der Waals surface area contributed by atoms with Gasteiger partial charge in [0.1, 0.15) is 5.75 Å². The Morgan fingerprint density at radius 1 is 1.31 bits per heavy atom. The average molecular weight is 360 g/mol. The summed E-state index contributed by atoms with van der Waals surface area (Å²) in [4.78, 5) is 14.8. The van der Waals surface area contributed by atoms with Gasteiger partial charge in [0.25, 0.3) is 0 Å². The van der Waals surface area contributed by atoms with Gasteiger partial charge in [-0.3, -0.25) is 9.69 Å². The Hall–Kier alpha value is -1.59. The molecule has 3 atom stereocenters. The molecule has 0 radical (unpaired) electrons. The number of ether oxygens (including phenoxy) is 2. The van der Waals surface area contributed by atoms with Gasteiger partial charge in [0, 0.05) is 32.6 Å². The predicted octanol–water partition coefficient (Wildman–Crippen LogP) is 2.73. The van der Waals surface area contributed by atoms with Gasteiger partial charge in [0.15, 0.2) is 0 Å². The second kappa shape index (κ2) is 8.87. The van der Waals surface area contributed by atoms with Crippen molar-refractivity contribution < 1.29 is 14.3 Å². The van der Waals surface area contributed by atoms with Crippen LogP contribution < -0.4 is 10.1 Å². The minimum absolute atomic E-state index is 0.160. The summed E-state index contributed by atoms with van der Waals surface area (Å²) in [6, 6.07) is 6.28. The van der Waals surface area contributed by atoms with E-state index >= 15 is 0 Å². The lowest BCUT2D eigenvalue weighted by Gasteiger charge is -2.35. The van der Waals surface area contributed by atoms with Crippen molar-refractivity contribution in [2.24, 2.45) is 0 Å². The molecule has 1 aromatic carbocycles. The molecule has 5 nitrogen and oxygen atoms in total. The number of morpholine rings is 1. The number of hydrogen-bond acceptors (Lipinski definition) is 4. The maximum Gasteiger partial charge on any atom is 0.220 e. The predicted molar refractivity (Wildman–Crippen MR) is 103 cm³/mol. The first-order valence-electron chi connectivity index (χ1n) is 9.86. The fourth-order valence-corrected chi connectivity index (χ4v) is 4.35.